The molecule has 0 radical (unpaired) electrons. The van der Waals surface area contributed by atoms with Crippen LogP contribution in [-0.4, -0.2) is 31.6 Å². The number of nitrogens with two attached hydrogens (primary N) is 1. The average molecular weight is 225 g/mol. The van der Waals surface area contributed by atoms with Crippen LogP contribution in [0.3, 0.4) is 0 Å². The van der Waals surface area contributed by atoms with Gasteiger partial charge in [0.15, 0.2) is 0 Å². The maximum Gasteiger partial charge on any atom is 0.328 e. The van der Waals surface area contributed by atoms with Gasteiger partial charge in [-0.15, -0.1) is 12.4 Å². The Labute approximate surface area is 89.8 Å². The largest absolute Gasteiger partial charge is 0.467 e. The van der Waals surface area contributed by atoms with E-state index in [1.54, 1.807) is 0 Å². The molecule has 14 heavy (non-hydrogen) atoms. The van der Waals surface area contributed by atoms with Crippen molar-refractivity contribution in [3.8, 4) is 0 Å². The summed E-state index contributed by atoms with van der Waals surface area (Å²) < 4.78 is 4.52. The summed E-state index contributed by atoms with van der Waals surface area (Å²) in [5.41, 5.74) is 5.10. The number of carbonyl (C=O) groups excluding carboxylic acids is 2. The van der Waals surface area contributed by atoms with Crippen LogP contribution in [0.15, 0.2) is 0 Å². The van der Waals surface area contributed by atoms with E-state index in [-0.39, 0.29) is 30.8 Å². The second-order valence-corrected chi connectivity index (χ2v) is 3.02. The average Bonchev–Trinajstić information content (AvgIpc) is 2.11. The van der Waals surface area contributed by atoms with Crippen LogP contribution in [0.2, 0.25) is 0 Å². The quantitative estimate of drug-likeness (QED) is 0.642. The Morgan fingerprint density at radius 1 is 1.43 bits per heavy atom. The number of halogens is 1. The van der Waals surface area contributed by atoms with Crippen molar-refractivity contribution in [2.24, 2.45) is 11.7 Å². The first-order chi connectivity index (χ1) is 6.02. The molecule has 0 spiro atoms. The molecule has 1 atom stereocenters. The number of ether oxygens (including phenoxy) is 1. The van der Waals surface area contributed by atoms with Gasteiger partial charge in [0.2, 0.25) is 5.91 Å². The molecule has 0 aromatic carbocycles. The highest BCUT2D eigenvalue weighted by atomic mass is 35.5. The Hall–Kier alpha value is -0.810. The first-order valence-corrected chi connectivity index (χ1v) is 4.10. The highest BCUT2D eigenvalue weighted by Gasteiger charge is 2.23. The molecule has 0 aromatic rings. The molecule has 6 heteroatoms. The maximum absolute atomic E-state index is 11.1. The SMILES string of the molecule is COC(=O)[C@@H](NC(=O)CN)C(C)C.Cl. The smallest absolute Gasteiger partial charge is 0.328 e. The minimum atomic E-state index is -0.610. The molecule has 0 aliphatic carbocycles. The second kappa shape index (κ2) is 7.58. The summed E-state index contributed by atoms with van der Waals surface area (Å²) in [6.07, 6.45) is 0. The van der Waals surface area contributed by atoms with E-state index in [2.05, 4.69) is 10.1 Å². The van der Waals surface area contributed by atoms with Crippen LogP contribution in [-0.2, 0) is 14.3 Å². The Morgan fingerprint density at radius 3 is 2.21 bits per heavy atom. The van der Waals surface area contributed by atoms with Crippen LogP contribution in [0.25, 0.3) is 0 Å². The van der Waals surface area contributed by atoms with Gasteiger partial charge in [-0.3, -0.25) is 4.79 Å². The minimum absolute atomic E-state index is 0. The molecule has 0 bridgehead atoms. The van der Waals surface area contributed by atoms with Gasteiger partial charge in [-0.1, -0.05) is 13.8 Å². The zero-order valence-electron chi connectivity index (χ0n) is 8.57. The lowest BCUT2D eigenvalue weighted by molar-refractivity contribution is -0.146. The highest BCUT2D eigenvalue weighted by Crippen LogP contribution is 2.02. The van der Waals surface area contributed by atoms with E-state index >= 15 is 0 Å². The van der Waals surface area contributed by atoms with E-state index in [4.69, 9.17) is 5.73 Å². The van der Waals surface area contributed by atoms with Gasteiger partial charge in [0.1, 0.15) is 6.04 Å². The lowest BCUT2D eigenvalue weighted by Crippen LogP contribution is -2.47. The van der Waals surface area contributed by atoms with E-state index in [0.29, 0.717) is 0 Å². The van der Waals surface area contributed by atoms with Gasteiger partial charge >= 0.3 is 5.97 Å². The molecular weight excluding hydrogens is 208 g/mol. The maximum atomic E-state index is 11.1. The van der Waals surface area contributed by atoms with Gasteiger partial charge < -0.3 is 15.8 Å². The molecule has 84 valence electrons. The topological polar surface area (TPSA) is 81.4 Å². The molecule has 0 aliphatic heterocycles. The highest BCUT2D eigenvalue weighted by molar-refractivity contribution is 5.85. The predicted octanol–water partition coefficient (Wildman–Crippen LogP) is -0.319. The number of rotatable bonds is 4. The third-order valence-electron chi connectivity index (χ3n) is 1.62. The van der Waals surface area contributed by atoms with Gasteiger partial charge in [-0.25, -0.2) is 4.79 Å². The van der Waals surface area contributed by atoms with Crippen LogP contribution in [0, 0.1) is 5.92 Å². The normalized spacial score (nSPS) is 11.5. The monoisotopic (exact) mass is 224 g/mol. The van der Waals surface area contributed by atoms with Crippen molar-refractivity contribution in [1.29, 1.82) is 0 Å². The molecule has 0 heterocycles. The molecule has 0 aromatic heterocycles. The summed E-state index contributed by atoms with van der Waals surface area (Å²) in [6, 6.07) is -0.610. The summed E-state index contributed by atoms with van der Waals surface area (Å²) in [7, 11) is 1.28. The van der Waals surface area contributed by atoms with Gasteiger partial charge in [0, 0.05) is 0 Å². The van der Waals surface area contributed by atoms with Crippen molar-refractivity contribution in [2.45, 2.75) is 19.9 Å². The zero-order valence-corrected chi connectivity index (χ0v) is 9.39. The van der Waals surface area contributed by atoms with E-state index in [1.165, 1.54) is 7.11 Å². The lowest BCUT2D eigenvalue weighted by atomic mass is 10.0. The van der Waals surface area contributed by atoms with Gasteiger partial charge in [-0.2, -0.15) is 0 Å². The van der Waals surface area contributed by atoms with Crippen LogP contribution >= 0.6 is 12.4 Å². The fourth-order valence-electron chi connectivity index (χ4n) is 0.857. The van der Waals surface area contributed by atoms with Gasteiger partial charge in [-0.05, 0) is 5.92 Å². The number of carbonyl (C=O) groups is 2. The number of nitrogens with one attached hydrogen (secondary N) is 1. The summed E-state index contributed by atoms with van der Waals surface area (Å²) in [5.74, 6) is -0.816. The number of amides is 1. The minimum Gasteiger partial charge on any atom is -0.467 e. The predicted molar refractivity (Wildman–Crippen MR) is 55.1 cm³/mol. The van der Waals surface area contributed by atoms with Crippen molar-refractivity contribution in [3.05, 3.63) is 0 Å². The molecule has 0 saturated heterocycles. The third-order valence-corrected chi connectivity index (χ3v) is 1.62. The fraction of sp³-hybridized carbons (Fsp3) is 0.750. The zero-order chi connectivity index (χ0) is 10.4. The van der Waals surface area contributed by atoms with Crippen molar-refractivity contribution in [1.82, 2.24) is 5.32 Å². The molecule has 0 unspecified atom stereocenters. The number of hydrogen-bond acceptors (Lipinski definition) is 4. The first kappa shape index (κ1) is 15.7. The first-order valence-electron chi connectivity index (χ1n) is 4.10. The van der Waals surface area contributed by atoms with E-state index in [1.807, 2.05) is 13.8 Å². The molecule has 0 rings (SSSR count). The fourth-order valence-corrected chi connectivity index (χ4v) is 0.857. The van der Waals surface area contributed by atoms with Crippen LogP contribution in [0.5, 0.6) is 0 Å². The Bertz CT molecular complexity index is 197. The summed E-state index contributed by atoms with van der Waals surface area (Å²) in [6.45, 7) is 3.51. The lowest BCUT2D eigenvalue weighted by Gasteiger charge is -2.19. The van der Waals surface area contributed by atoms with Crippen LogP contribution < -0.4 is 11.1 Å². The Balaban J connectivity index is 0. The van der Waals surface area contributed by atoms with Crippen LogP contribution in [0.1, 0.15) is 13.8 Å². The van der Waals surface area contributed by atoms with Crippen molar-refractivity contribution in [3.63, 3.8) is 0 Å². The van der Waals surface area contributed by atoms with Gasteiger partial charge in [0.25, 0.3) is 0 Å². The number of esters is 1. The molecule has 0 aliphatic rings. The van der Waals surface area contributed by atoms with Crippen molar-refractivity contribution in [2.75, 3.05) is 13.7 Å². The molecular formula is C8H17ClN2O3. The van der Waals surface area contributed by atoms with E-state index < -0.39 is 12.0 Å². The van der Waals surface area contributed by atoms with Crippen LogP contribution in [0.4, 0.5) is 0 Å². The van der Waals surface area contributed by atoms with Crippen molar-refractivity contribution < 1.29 is 14.3 Å². The summed E-state index contributed by atoms with van der Waals surface area (Å²) >= 11 is 0. The van der Waals surface area contributed by atoms with E-state index in [9.17, 15) is 9.59 Å². The Morgan fingerprint density at radius 2 is 1.93 bits per heavy atom. The van der Waals surface area contributed by atoms with Gasteiger partial charge in [0.05, 0.1) is 13.7 Å². The number of methoxy groups -OCH3 is 1. The van der Waals surface area contributed by atoms with E-state index in [0.717, 1.165) is 0 Å². The third kappa shape index (κ3) is 5.04. The standard InChI is InChI=1S/C8H16N2O3.ClH/c1-5(2)7(8(12)13-3)10-6(11)4-9;/h5,7H,4,9H2,1-3H3,(H,10,11);1H/t7-;/m0./s1. The second-order valence-electron chi connectivity index (χ2n) is 3.02. The molecule has 0 saturated carbocycles. The molecule has 5 nitrogen and oxygen atoms in total. The summed E-state index contributed by atoms with van der Waals surface area (Å²) in [4.78, 5) is 22.0. The van der Waals surface area contributed by atoms with Crippen molar-refractivity contribution >= 4 is 24.3 Å². The molecule has 1 amide bonds. The number of hydrogen-bond donors (Lipinski definition) is 2. The molecule has 0 fully saturated rings. The molecule has 3 N–H and O–H groups in total. The summed E-state index contributed by atoms with van der Waals surface area (Å²) in [5, 5.41) is 2.48. The Kier molecular flexibility index (Phi) is 8.48.